The van der Waals surface area contributed by atoms with Gasteiger partial charge in [0.2, 0.25) is 0 Å². The number of hydrogen-bond acceptors (Lipinski definition) is 2. The number of hydrogen-bond donors (Lipinski definition) is 1. The molecule has 3 heteroatoms. The molecule has 2 rings (SSSR count). The van der Waals surface area contributed by atoms with Crippen LogP contribution in [0.4, 0.5) is 0 Å². The van der Waals surface area contributed by atoms with E-state index in [0.717, 1.165) is 11.3 Å². The summed E-state index contributed by atoms with van der Waals surface area (Å²) < 4.78 is 5.77. The fourth-order valence-corrected chi connectivity index (χ4v) is 1.81. The summed E-state index contributed by atoms with van der Waals surface area (Å²) in [5.41, 5.74) is 1.71. The van der Waals surface area contributed by atoms with Gasteiger partial charge in [0, 0.05) is 5.56 Å². The zero-order chi connectivity index (χ0) is 12.3. The quantitative estimate of drug-likeness (QED) is 0.892. The number of para-hydroxylation sites is 2. The van der Waals surface area contributed by atoms with Crippen molar-refractivity contribution in [1.82, 2.24) is 0 Å². The first-order valence-electron chi connectivity index (χ1n) is 5.34. The van der Waals surface area contributed by atoms with Crippen molar-refractivity contribution in [3.63, 3.8) is 0 Å². The second-order valence-electron chi connectivity index (χ2n) is 3.75. The lowest BCUT2D eigenvalue weighted by molar-refractivity contribution is 0.276. The van der Waals surface area contributed by atoms with E-state index in [0.29, 0.717) is 16.3 Å². The van der Waals surface area contributed by atoms with Gasteiger partial charge >= 0.3 is 0 Å². The Bertz CT molecular complexity index is 523. The second-order valence-corrected chi connectivity index (χ2v) is 4.16. The predicted molar refractivity (Wildman–Crippen MR) is 68.6 cm³/mol. The Morgan fingerprint density at radius 2 is 1.88 bits per heavy atom. The number of aliphatic hydroxyl groups is 1. The molecule has 0 bridgehead atoms. The molecule has 0 atom stereocenters. The van der Waals surface area contributed by atoms with Crippen LogP contribution < -0.4 is 4.74 Å². The van der Waals surface area contributed by atoms with Crippen molar-refractivity contribution in [1.29, 1.82) is 0 Å². The van der Waals surface area contributed by atoms with E-state index in [1.807, 2.05) is 31.2 Å². The standard InChI is InChI=1S/C14H13ClO2/c1-10-5-2-3-8-13(10)17-14-11(9-16)6-4-7-12(14)15/h2-8,16H,9H2,1H3. The minimum Gasteiger partial charge on any atom is -0.455 e. The maximum atomic E-state index is 9.25. The highest BCUT2D eigenvalue weighted by atomic mass is 35.5. The molecule has 2 aromatic rings. The van der Waals surface area contributed by atoms with Gasteiger partial charge in [0.1, 0.15) is 5.75 Å². The Hall–Kier alpha value is -1.51. The van der Waals surface area contributed by atoms with Crippen molar-refractivity contribution in [3.05, 3.63) is 58.6 Å². The summed E-state index contributed by atoms with van der Waals surface area (Å²) in [6, 6.07) is 13.0. The fraction of sp³-hybridized carbons (Fsp3) is 0.143. The largest absolute Gasteiger partial charge is 0.455 e. The predicted octanol–water partition coefficient (Wildman–Crippen LogP) is 3.93. The lowest BCUT2D eigenvalue weighted by Crippen LogP contribution is -1.93. The summed E-state index contributed by atoms with van der Waals surface area (Å²) >= 11 is 6.07. The maximum absolute atomic E-state index is 9.25. The number of ether oxygens (including phenoxy) is 1. The van der Waals surface area contributed by atoms with Gasteiger partial charge in [-0.15, -0.1) is 0 Å². The van der Waals surface area contributed by atoms with E-state index < -0.39 is 0 Å². The molecule has 17 heavy (non-hydrogen) atoms. The van der Waals surface area contributed by atoms with E-state index in [1.54, 1.807) is 18.2 Å². The molecule has 0 saturated heterocycles. The maximum Gasteiger partial charge on any atom is 0.151 e. The highest BCUT2D eigenvalue weighted by Gasteiger charge is 2.09. The molecule has 2 aromatic carbocycles. The van der Waals surface area contributed by atoms with E-state index in [2.05, 4.69) is 0 Å². The van der Waals surface area contributed by atoms with Crippen LogP contribution in [0.25, 0.3) is 0 Å². The Morgan fingerprint density at radius 3 is 2.59 bits per heavy atom. The van der Waals surface area contributed by atoms with Gasteiger partial charge in [0.15, 0.2) is 5.75 Å². The van der Waals surface area contributed by atoms with Crippen LogP contribution in [0.1, 0.15) is 11.1 Å². The van der Waals surface area contributed by atoms with Crippen LogP contribution in [-0.4, -0.2) is 5.11 Å². The number of rotatable bonds is 3. The lowest BCUT2D eigenvalue weighted by atomic mass is 10.2. The summed E-state index contributed by atoms with van der Waals surface area (Å²) in [7, 11) is 0. The Balaban J connectivity index is 2.39. The average Bonchev–Trinajstić information content (AvgIpc) is 2.34. The van der Waals surface area contributed by atoms with E-state index in [9.17, 15) is 5.11 Å². The monoisotopic (exact) mass is 248 g/mol. The molecular formula is C14H13ClO2. The minimum absolute atomic E-state index is 0.0955. The topological polar surface area (TPSA) is 29.5 Å². The van der Waals surface area contributed by atoms with Gasteiger partial charge in [-0.2, -0.15) is 0 Å². The van der Waals surface area contributed by atoms with Crippen molar-refractivity contribution in [2.75, 3.05) is 0 Å². The molecule has 0 radical (unpaired) electrons. The molecule has 1 N–H and O–H groups in total. The molecule has 0 saturated carbocycles. The molecule has 88 valence electrons. The molecular weight excluding hydrogens is 236 g/mol. The highest BCUT2D eigenvalue weighted by molar-refractivity contribution is 6.32. The van der Waals surface area contributed by atoms with Crippen molar-refractivity contribution >= 4 is 11.6 Å². The minimum atomic E-state index is -0.0955. The first-order valence-corrected chi connectivity index (χ1v) is 5.72. The molecule has 0 amide bonds. The first-order chi connectivity index (χ1) is 8.22. The van der Waals surface area contributed by atoms with Crippen molar-refractivity contribution in [3.8, 4) is 11.5 Å². The highest BCUT2D eigenvalue weighted by Crippen LogP contribution is 2.34. The Morgan fingerprint density at radius 1 is 1.12 bits per heavy atom. The van der Waals surface area contributed by atoms with Gasteiger partial charge in [-0.1, -0.05) is 41.9 Å². The third kappa shape index (κ3) is 2.60. The summed E-state index contributed by atoms with van der Waals surface area (Å²) in [4.78, 5) is 0. The third-order valence-corrected chi connectivity index (χ3v) is 2.82. The van der Waals surface area contributed by atoms with Crippen molar-refractivity contribution < 1.29 is 9.84 Å². The van der Waals surface area contributed by atoms with Crippen LogP contribution in [-0.2, 0) is 6.61 Å². The van der Waals surface area contributed by atoms with Gasteiger partial charge in [-0.05, 0) is 24.6 Å². The third-order valence-electron chi connectivity index (χ3n) is 2.52. The normalized spacial score (nSPS) is 10.3. The smallest absolute Gasteiger partial charge is 0.151 e. The van der Waals surface area contributed by atoms with Crippen LogP contribution in [0.3, 0.4) is 0 Å². The van der Waals surface area contributed by atoms with Crippen LogP contribution in [0.2, 0.25) is 5.02 Å². The summed E-state index contributed by atoms with van der Waals surface area (Å²) in [6.45, 7) is 1.87. The van der Waals surface area contributed by atoms with Crippen LogP contribution >= 0.6 is 11.6 Å². The molecule has 2 nitrogen and oxygen atoms in total. The average molecular weight is 249 g/mol. The number of aliphatic hydroxyl groups excluding tert-OH is 1. The van der Waals surface area contributed by atoms with E-state index in [4.69, 9.17) is 16.3 Å². The molecule has 0 aliphatic carbocycles. The summed E-state index contributed by atoms with van der Waals surface area (Å²) in [6.07, 6.45) is 0. The van der Waals surface area contributed by atoms with E-state index in [1.165, 1.54) is 0 Å². The summed E-state index contributed by atoms with van der Waals surface area (Å²) in [5, 5.41) is 9.75. The lowest BCUT2D eigenvalue weighted by Gasteiger charge is -2.12. The zero-order valence-corrected chi connectivity index (χ0v) is 10.2. The number of halogens is 1. The Labute approximate surface area is 105 Å². The summed E-state index contributed by atoms with van der Waals surface area (Å²) in [5.74, 6) is 1.27. The molecule has 0 aliphatic heterocycles. The van der Waals surface area contributed by atoms with Crippen molar-refractivity contribution in [2.45, 2.75) is 13.5 Å². The van der Waals surface area contributed by atoms with Crippen molar-refractivity contribution in [2.24, 2.45) is 0 Å². The van der Waals surface area contributed by atoms with E-state index >= 15 is 0 Å². The SMILES string of the molecule is Cc1ccccc1Oc1c(Cl)cccc1CO. The molecule has 0 aromatic heterocycles. The van der Waals surface area contributed by atoms with Gasteiger partial charge in [0.25, 0.3) is 0 Å². The molecule has 0 aliphatic rings. The Kier molecular flexibility index (Phi) is 3.67. The molecule has 0 fully saturated rings. The van der Waals surface area contributed by atoms with Gasteiger partial charge < -0.3 is 9.84 Å². The van der Waals surface area contributed by atoms with Crippen LogP contribution in [0.5, 0.6) is 11.5 Å². The second kappa shape index (κ2) is 5.21. The van der Waals surface area contributed by atoms with Crippen LogP contribution in [0, 0.1) is 6.92 Å². The first kappa shape index (κ1) is 12.0. The molecule has 0 unspecified atom stereocenters. The number of benzene rings is 2. The fourth-order valence-electron chi connectivity index (χ4n) is 1.57. The van der Waals surface area contributed by atoms with Gasteiger partial charge in [0.05, 0.1) is 11.6 Å². The van der Waals surface area contributed by atoms with E-state index in [-0.39, 0.29) is 6.61 Å². The molecule has 0 spiro atoms. The van der Waals surface area contributed by atoms with Crippen LogP contribution in [0.15, 0.2) is 42.5 Å². The zero-order valence-electron chi connectivity index (χ0n) is 9.48. The number of aryl methyl sites for hydroxylation is 1. The molecule has 0 heterocycles. The van der Waals surface area contributed by atoms with Gasteiger partial charge in [-0.3, -0.25) is 0 Å². The van der Waals surface area contributed by atoms with Gasteiger partial charge in [-0.25, -0.2) is 0 Å².